The molecule has 138 valence electrons. The number of hydrogen-bond donors (Lipinski definition) is 0. The van der Waals surface area contributed by atoms with Crippen LogP contribution in [0.3, 0.4) is 0 Å². The molecule has 26 heavy (non-hydrogen) atoms. The molecule has 0 spiro atoms. The third-order valence-corrected chi connectivity index (χ3v) is 6.20. The van der Waals surface area contributed by atoms with Gasteiger partial charge in [0.2, 0.25) is 0 Å². The molecule has 1 saturated heterocycles. The monoisotopic (exact) mass is 392 g/mol. The highest BCUT2D eigenvalue weighted by atomic mass is 35.5. The van der Waals surface area contributed by atoms with Crippen molar-refractivity contribution >= 4 is 40.6 Å². The molecule has 1 aliphatic carbocycles. The number of carbonyl (C=O) groups excluding carboxylic acids is 2. The van der Waals surface area contributed by atoms with E-state index in [4.69, 9.17) is 23.2 Å². The summed E-state index contributed by atoms with van der Waals surface area (Å²) in [7, 11) is 0. The van der Waals surface area contributed by atoms with Gasteiger partial charge in [-0.1, -0.05) is 48.5 Å². The second kappa shape index (κ2) is 7.24. The van der Waals surface area contributed by atoms with Crippen LogP contribution in [0.4, 0.5) is 0 Å². The Kier molecular flexibility index (Phi) is 4.98. The molecule has 4 rings (SSSR count). The Bertz CT molecular complexity index is 778. The van der Waals surface area contributed by atoms with E-state index in [9.17, 15) is 9.59 Å². The predicted molar refractivity (Wildman–Crippen MR) is 103 cm³/mol. The van der Waals surface area contributed by atoms with E-state index in [1.165, 1.54) is 11.3 Å². The van der Waals surface area contributed by atoms with Gasteiger partial charge in [0, 0.05) is 29.7 Å². The number of nitrogens with zero attached hydrogens (tertiary/aromatic N) is 2. The smallest absolute Gasteiger partial charge is 0.278 e. The average Bonchev–Trinajstić information content (AvgIpc) is 3.22. The molecule has 4 nitrogen and oxygen atoms in total. The Morgan fingerprint density at radius 2 is 1.58 bits per heavy atom. The summed E-state index contributed by atoms with van der Waals surface area (Å²) in [6.45, 7) is 1.61. The van der Waals surface area contributed by atoms with Crippen LogP contribution >= 0.6 is 23.2 Å². The normalized spacial score (nSPS) is 22.1. The van der Waals surface area contributed by atoms with Crippen molar-refractivity contribution in [1.29, 1.82) is 0 Å². The lowest BCUT2D eigenvalue weighted by atomic mass is 9.94. The summed E-state index contributed by atoms with van der Waals surface area (Å²) in [5.41, 5.74) is 1.58. The fourth-order valence-corrected chi connectivity index (χ4v) is 4.88. The average molecular weight is 393 g/mol. The molecule has 2 heterocycles. The van der Waals surface area contributed by atoms with Crippen LogP contribution in [0.5, 0.6) is 0 Å². The molecule has 1 aromatic carbocycles. The molecular formula is C20H22Cl2N2O2. The van der Waals surface area contributed by atoms with Crippen LogP contribution in [0.15, 0.2) is 23.9 Å². The van der Waals surface area contributed by atoms with Crippen molar-refractivity contribution in [3.05, 3.63) is 39.5 Å². The van der Waals surface area contributed by atoms with Crippen molar-refractivity contribution < 1.29 is 9.59 Å². The SMILES string of the molecule is O=C1C(c2ccc(Cl)cc2Cl)=C(N2CCCC2)C(=O)N1C1CCCCC1. The second-order valence-corrected chi connectivity index (χ2v) is 8.16. The van der Waals surface area contributed by atoms with Crippen molar-refractivity contribution in [2.45, 2.75) is 51.0 Å². The Labute approximate surface area is 163 Å². The summed E-state index contributed by atoms with van der Waals surface area (Å²) in [4.78, 5) is 30.2. The fourth-order valence-electron chi connectivity index (χ4n) is 4.37. The maximum Gasteiger partial charge on any atom is 0.278 e. The van der Waals surface area contributed by atoms with Gasteiger partial charge in [-0.15, -0.1) is 0 Å². The quantitative estimate of drug-likeness (QED) is 0.710. The zero-order valence-corrected chi connectivity index (χ0v) is 16.2. The zero-order valence-electron chi connectivity index (χ0n) is 14.6. The minimum absolute atomic E-state index is 0.00456. The predicted octanol–water partition coefficient (Wildman–Crippen LogP) is 4.50. The number of likely N-dealkylation sites (tertiary alicyclic amines) is 1. The Balaban J connectivity index is 1.79. The molecule has 1 aromatic rings. The van der Waals surface area contributed by atoms with Gasteiger partial charge in [-0.05, 0) is 37.8 Å². The van der Waals surface area contributed by atoms with E-state index in [1.54, 1.807) is 18.2 Å². The highest BCUT2D eigenvalue weighted by Crippen LogP contribution is 2.39. The number of carbonyl (C=O) groups is 2. The molecule has 1 saturated carbocycles. The summed E-state index contributed by atoms with van der Waals surface area (Å²) in [5, 5.41) is 0.929. The van der Waals surface area contributed by atoms with E-state index in [-0.39, 0.29) is 17.9 Å². The fraction of sp³-hybridized carbons (Fsp3) is 0.500. The summed E-state index contributed by atoms with van der Waals surface area (Å²) in [6, 6.07) is 5.11. The summed E-state index contributed by atoms with van der Waals surface area (Å²) in [5.74, 6) is -0.349. The van der Waals surface area contributed by atoms with Gasteiger partial charge in [0.15, 0.2) is 0 Å². The first-order valence-electron chi connectivity index (χ1n) is 9.40. The maximum atomic E-state index is 13.3. The van der Waals surface area contributed by atoms with Crippen molar-refractivity contribution in [1.82, 2.24) is 9.80 Å². The second-order valence-electron chi connectivity index (χ2n) is 7.31. The number of benzene rings is 1. The van der Waals surface area contributed by atoms with Crippen molar-refractivity contribution in [2.75, 3.05) is 13.1 Å². The van der Waals surface area contributed by atoms with Crippen LogP contribution in [0.1, 0.15) is 50.5 Å². The summed E-state index contributed by atoms with van der Waals surface area (Å²) in [6.07, 6.45) is 7.18. The molecular weight excluding hydrogens is 371 g/mol. The number of rotatable bonds is 3. The topological polar surface area (TPSA) is 40.6 Å². The highest BCUT2D eigenvalue weighted by Gasteiger charge is 2.45. The number of halogens is 2. The van der Waals surface area contributed by atoms with Crippen molar-refractivity contribution in [2.24, 2.45) is 0 Å². The van der Waals surface area contributed by atoms with E-state index in [0.29, 0.717) is 26.9 Å². The first-order valence-corrected chi connectivity index (χ1v) is 10.2. The Morgan fingerprint density at radius 3 is 2.23 bits per heavy atom. The molecule has 2 aliphatic heterocycles. The van der Waals surface area contributed by atoms with E-state index >= 15 is 0 Å². The molecule has 2 fully saturated rings. The number of hydrogen-bond acceptors (Lipinski definition) is 3. The largest absolute Gasteiger partial charge is 0.366 e. The minimum Gasteiger partial charge on any atom is -0.366 e. The van der Waals surface area contributed by atoms with Gasteiger partial charge in [0.1, 0.15) is 5.70 Å². The van der Waals surface area contributed by atoms with Gasteiger partial charge in [-0.25, -0.2) is 0 Å². The summed E-state index contributed by atoms with van der Waals surface area (Å²) < 4.78 is 0. The lowest BCUT2D eigenvalue weighted by Gasteiger charge is -2.30. The molecule has 0 atom stereocenters. The molecule has 0 radical (unpaired) electrons. The van der Waals surface area contributed by atoms with Crippen LogP contribution < -0.4 is 0 Å². The van der Waals surface area contributed by atoms with Gasteiger partial charge in [0.05, 0.1) is 10.6 Å². The molecule has 0 aromatic heterocycles. The van der Waals surface area contributed by atoms with Gasteiger partial charge in [-0.3, -0.25) is 14.5 Å². The van der Waals surface area contributed by atoms with Crippen LogP contribution in [-0.4, -0.2) is 40.7 Å². The number of amides is 2. The van der Waals surface area contributed by atoms with Crippen LogP contribution in [0, 0.1) is 0 Å². The molecule has 6 heteroatoms. The van der Waals surface area contributed by atoms with E-state index < -0.39 is 0 Å². The van der Waals surface area contributed by atoms with Crippen LogP contribution in [-0.2, 0) is 9.59 Å². The summed E-state index contributed by atoms with van der Waals surface area (Å²) >= 11 is 12.4. The first-order chi connectivity index (χ1) is 12.6. The van der Waals surface area contributed by atoms with E-state index in [1.807, 2.05) is 0 Å². The highest BCUT2D eigenvalue weighted by molar-refractivity contribution is 6.41. The molecule has 0 unspecified atom stereocenters. The van der Waals surface area contributed by atoms with Crippen LogP contribution in [0.2, 0.25) is 10.0 Å². The van der Waals surface area contributed by atoms with E-state index in [2.05, 4.69) is 4.90 Å². The minimum atomic E-state index is -0.201. The molecule has 2 amide bonds. The Morgan fingerprint density at radius 1 is 0.885 bits per heavy atom. The maximum absolute atomic E-state index is 13.3. The van der Waals surface area contributed by atoms with Gasteiger partial charge in [-0.2, -0.15) is 0 Å². The molecule has 0 bridgehead atoms. The van der Waals surface area contributed by atoms with Gasteiger partial charge < -0.3 is 4.90 Å². The lowest BCUT2D eigenvalue weighted by molar-refractivity contribution is -0.140. The van der Waals surface area contributed by atoms with Gasteiger partial charge >= 0.3 is 0 Å². The van der Waals surface area contributed by atoms with Crippen LogP contribution in [0.25, 0.3) is 5.57 Å². The van der Waals surface area contributed by atoms with Crippen molar-refractivity contribution in [3.63, 3.8) is 0 Å². The third-order valence-electron chi connectivity index (χ3n) is 5.65. The zero-order chi connectivity index (χ0) is 18.3. The lowest BCUT2D eigenvalue weighted by Crippen LogP contribution is -2.43. The third kappa shape index (κ3) is 3.03. The van der Waals surface area contributed by atoms with Crippen molar-refractivity contribution in [3.8, 4) is 0 Å². The van der Waals surface area contributed by atoms with Gasteiger partial charge in [0.25, 0.3) is 11.8 Å². The standard InChI is InChI=1S/C20H22Cl2N2O2/c21-13-8-9-15(16(22)12-13)17-18(23-10-4-5-11-23)20(26)24(19(17)25)14-6-2-1-3-7-14/h8-9,12,14H,1-7,10-11H2. The van der Waals surface area contributed by atoms with E-state index in [0.717, 1.165) is 51.6 Å². The molecule has 0 N–H and O–H groups in total. The molecule has 3 aliphatic rings. The first kappa shape index (κ1) is 17.9. The number of imide groups is 1. The Hall–Kier alpha value is -1.52.